The number of ether oxygens (including phenoxy) is 2. The first-order valence-corrected chi connectivity index (χ1v) is 11.9. The number of amides is 1. The molecule has 3 fully saturated rings. The smallest absolute Gasteiger partial charge is 0.262 e. The van der Waals surface area contributed by atoms with Crippen molar-refractivity contribution in [3.8, 4) is 5.75 Å². The molecule has 0 spiro atoms. The van der Waals surface area contributed by atoms with E-state index in [1.807, 2.05) is 0 Å². The van der Waals surface area contributed by atoms with Crippen LogP contribution in [0.5, 0.6) is 5.75 Å². The molecule has 3 aliphatic heterocycles. The van der Waals surface area contributed by atoms with Gasteiger partial charge in [0.05, 0.1) is 17.2 Å². The lowest BCUT2D eigenvalue weighted by Crippen LogP contribution is -2.53. The quantitative estimate of drug-likeness (QED) is 0.738. The molecule has 0 radical (unpaired) electrons. The minimum Gasteiger partial charge on any atom is -0.482 e. The molecule has 2 bridgehead atoms. The molecular formula is C20H27N3O5S. The average molecular weight is 422 g/mol. The summed E-state index contributed by atoms with van der Waals surface area (Å²) in [6, 6.07) is 4.59. The van der Waals surface area contributed by atoms with Crippen molar-refractivity contribution >= 4 is 21.6 Å². The fourth-order valence-electron chi connectivity index (χ4n) is 5.23. The maximum Gasteiger partial charge on any atom is 0.262 e. The van der Waals surface area contributed by atoms with Gasteiger partial charge in [0.15, 0.2) is 6.61 Å². The number of nitrogens with zero attached hydrogens (tertiary/aromatic N) is 1. The van der Waals surface area contributed by atoms with Gasteiger partial charge in [0.25, 0.3) is 5.91 Å². The van der Waals surface area contributed by atoms with Crippen LogP contribution >= 0.6 is 0 Å². The van der Waals surface area contributed by atoms with Crippen LogP contribution in [0.15, 0.2) is 23.1 Å². The number of likely N-dealkylation sites (tertiary alicyclic amines) is 1. The first-order chi connectivity index (χ1) is 14.0. The number of nitrogens with one attached hydrogen (secondary N) is 2. The second-order valence-corrected chi connectivity index (χ2v) is 10.4. The van der Waals surface area contributed by atoms with E-state index in [1.165, 1.54) is 12.1 Å². The summed E-state index contributed by atoms with van der Waals surface area (Å²) in [6.45, 7) is 4.59. The summed E-state index contributed by atoms with van der Waals surface area (Å²) >= 11 is 0. The molecule has 2 unspecified atom stereocenters. The zero-order valence-corrected chi connectivity index (χ0v) is 17.1. The van der Waals surface area contributed by atoms with Gasteiger partial charge in [0.1, 0.15) is 5.75 Å². The first-order valence-electron chi connectivity index (χ1n) is 10.4. The van der Waals surface area contributed by atoms with Gasteiger partial charge in [0.2, 0.25) is 10.0 Å². The topological polar surface area (TPSA) is 97.0 Å². The largest absolute Gasteiger partial charge is 0.482 e. The number of piperidine rings is 1. The standard InChI is InChI=1S/C20H27N3O5S/c24-19-12-28-18-4-3-16(7-17(18)21-19)29(25,26)22-20-14-1-2-15(20)10-23(9-14)8-13-5-6-27-11-13/h3-4,7,13-15,20,22H,1-2,5-6,8-12H2,(H,21,24)/t13?,14-,15+,20?. The maximum absolute atomic E-state index is 13.1. The van der Waals surface area contributed by atoms with E-state index >= 15 is 0 Å². The highest BCUT2D eigenvalue weighted by molar-refractivity contribution is 7.89. The van der Waals surface area contributed by atoms with Crippen LogP contribution in [0.25, 0.3) is 0 Å². The number of hydrogen-bond acceptors (Lipinski definition) is 6. The van der Waals surface area contributed by atoms with Gasteiger partial charge in [-0.3, -0.25) is 4.79 Å². The SMILES string of the molecule is O=C1COc2ccc(S(=O)(=O)NC3[C@@H]4CC[C@H]3CN(CC3CCOC3)C4)cc2N1. The van der Waals surface area contributed by atoms with Gasteiger partial charge >= 0.3 is 0 Å². The van der Waals surface area contributed by atoms with Crippen molar-refractivity contribution in [1.29, 1.82) is 0 Å². The van der Waals surface area contributed by atoms with Crippen LogP contribution in [0.1, 0.15) is 19.3 Å². The van der Waals surface area contributed by atoms with E-state index in [9.17, 15) is 13.2 Å². The van der Waals surface area contributed by atoms with Crippen LogP contribution in [0, 0.1) is 17.8 Å². The Kier molecular flexibility index (Phi) is 5.01. The first kappa shape index (κ1) is 19.3. The zero-order valence-electron chi connectivity index (χ0n) is 16.3. The predicted molar refractivity (Wildman–Crippen MR) is 106 cm³/mol. The Labute approximate surface area is 171 Å². The Hall–Kier alpha value is -1.68. The van der Waals surface area contributed by atoms with Crippen LogP contribution in [-0.4, -0.2) is 64.7 Å². The molecule has 5 rings (SSSR count). The van der Waals surface area contributed by atoms with E-state index in [2.05, 4.69) is 14.9 Å². The molecule has 0 aromatic heterocycles. The highest BCUT2D eigenvalue weighted by Gasteiger charge is 2.44. The van der Waals surface area contributed by atoms with Crippen molar-refractivity contribution in [2.45, 2.75) is 30.2 Å². The second-order valence-electron chi connectivity index (χ2n) is 8.69. The van der Waals surface area contributed by atoms with Crippen LogP contribution < -0.4 is 14.8 Å². The Morgan fingerprint density at radius 1 is 1.17 bits per heavy atom. The molecule has 4 aliphatic rings. The summed E-state index contributed by atoms with van der Waals surface area (Å²) in [7, 11) is -3.67. The van der Waals surface area contributed by atoms with Crippen LogP contribution in [0.2, 0.25) is 0 Å². The molecule has 1 amide bonds. The van der Waals surface area contributed by atoms with Crippen LogP contribution in [0.3, 0.4) is 0 Å². The summed E-state index contributed by atoms with van der Waals surface area (Å²) in [5, 5.41) is 2.67. The molecule has 2 saturated heterocycles. The summed E-state index contributed by atoms with van der Waals surface area (Å²) in [5.74, 6) is 1.50. The van der Waals surface area contributed by atoms with E-state index in [-0.39, 0.29) is 23.5 Å². The molecule has 158 valence electrons. The molecule has 1 aliphatic carbocycles. The van der Waals surface area contributed by atoms with E-state index in [0.717, 1.165) is 52.1 Å². The number of sulfonamides is 1. The van der Waals surface area contributed by atoms with Gasteiger partial charge in [-0.15, -0.1) is 0 Å². The van der Waals surface area contributed by atoms with Crippen molar-refractivity contribution in [3.05, 3.63) is 18.2 Å². The van der Waals surface area contributed by atoms with Crippen LogP contribution in [0.4, 0.5) is 5.69 Å². The van der Waals surface area contributed by atoms with Crippen molar-refractivity contribution in [1.82, 2.24) is 9.62 Å². The van der Waals surface area contributed by atoms with Gasteiger partial charge in [0, 0.05) is 32.3 Å². The van der Waals surface area contributed by atoms with E-state index in [4.69, 9.17) is 9.47 Å². The molecule has 9 heteroatoms. The van der Waals surface area contributed by atoms with Gasteiger partial charge in [-0.2, -0.15) is 0 Å². The fourth-order valence-corrected chi connectivity index (χ4v) is 6.63. The van der Waals surface area contributed by atoms with Crippen LogP contribution in [-0.2, 0) is 19.6 Å². The lowest BCUT2D eigenvalue weighted by atomic mass is 9.92. The number of rotatable bonds is 5. The average Bonchev–Trinajstić information content (AvgIpc) is 3.26. The van der Waals surface area contributed by atoms with Crippen molar-refractivity contribution in [3.63, 3.8) is 0 Å². The lowest BCUT2D eigenvalue weighted by molar-refractivity contribution is -0.118. The molecule has 29 heavy (non-hydrogen) atoms. The fraction of sp³-hybridized carbons (Fsp3) is 0.650. The minimum absolute atomic E-state index is 0.0297. The highest BCUT2D eigenvalue weighted by atomic mass is 32.2. The molecular weight excluding hydrogens is 394 g/mol. The highest BCUT2D eigenvalue weighted by Crippen LogP contribution is 2.38. The number of hydrogen-bond donors (Lipinski definition) is 2. The van der Waals surface area contributed by atoms with Crippen molar-refractivity contribution in [2.24, 2.45) is 17.8 Å². The number of benzene rings is 1. The van der Waals surface area contributed by atoms with Gasteiger partial charge in [-0.25, -0.2) is 13.1 Å². The van der Waals surface area contributed by atoms with Gasteiger partial charge in [-0.05, 0) is 55.2 Å². The molecule has 8 nitrogen and oxygen atoms in total. The third kappa shape index (κ3) is 3.88. The maximum atomic E-state index is 13.1. The molecule has 4 atom stereocenters. The monoisotopic (exact) mass is 421 g/mol. The molecule has 1 saturated carbocycles. The summed E-state index contributed by atoms with van der Waals surface area (Å²) in [6.07, 6.45) is 3.24. The zero-order chi connectivity index (χ0) is 20.0. The normalized spacial score (nSPS) is 31.9. The second kappa shape index (κ2) is 7.54. The Bertz CT molecular complexity index is 885. The number of anilines is 1. The summed E-state index contributed by atoms with van der Waals surface area (Å²) in [4.78, 5) is 14.2. The number of fused-ring (bicyclic) bond motifs is 3. The van der Waals surface area contributed by atoms with E-state index < -0.39 is 10.0 Å². The third-order valence-corrected chi connectivity index (χ3v) is 8.09. The van der Waals surface area contributed by atoms with Crippen molar-refractivity contribution < 1.29 is 22.7 Å². The molecule has 1 aromatic rings. The van der Waals surface area contributed by atoms with E-state index in [0.29, 0.717) is 29.2 Å². The van der Waals surface area contributed by atoms with E-state index in [1.54, 1.807) is 6.07 Å². The Morgan fingerprint density at radius 2 is 1.97 bits per heavy atom. The molecule has 3 heterocycles. The predicted octanol–water partition coefficient (Wildman–Crippen LogP) is 1.04. The summed E-state index contributed by atoms with van der Waals surface area (Å²) < 4.78 is 39.9. The molecule has 2 N–H and O–H groups in total. The lowest BCUT2D eigenvalue weighted by Gasteiger charge is -2.39. The van der Waals surface area contributed by atoms with Crippen molar-refractivity contribution in [2.75, 3.05) is 44.8 Å². The molecule has 1 aromatic carbocycles. The minimum atomic E-state index is -3.67. The number of carbonyl (C=O) groups is 1. The number of carbonyl (C=O) groups excluding carboxylic acids is 1. The Balaban J connectivity index is 1.28. The Morgan fingerprint density at radius 3 is 2.69 bits per heavy atom. The summed E-state index contributed by atoms with van der Waals surface area (Å²) in [5.41, 5.74) is 0.403. The van der Waals surface area contributed by atoms with Gasteiger partial charge in [-0.1, -0.05) is 0 Å². The third-order valence-electron chi connectivity index (χ3n) is 6.64. The van der Waals surface area contributed by atoms with Gasteiger partial charge < -0.3 is 19.7 Å².